The van der Waals surface area contributed by atoms with Gasteiger partial charge in [-0.2, -0.15) is 0 Å². The Bertz CT molecular complexity index is 2420. The predicted octanol–water partition coefficient (Wildman–Crippen LogP) is 12.6. The molecule has 4 atom stereocenters. The highest BCUT2D eigenvalue weighted by Crippen LogP contribution is 2.66. The fourth-order valence-electron chi connectivity index (χ4n) is 10.3. The Kier molecular flexibility index (Phi) is 8.95. The van der Waals surface area contributed by atoms with Gasteiger partial charge in [0.05, 0.1) is 23.3 Å². The van der Waals surface area contributed by atoms with E-state index in [4.69, 9.17) is 15.0 Å². The Morgan fingerprint density at radius 1 is 0.649 bits per heavy atom. The molecule has 3 aliphatic heterocycles. The van der Waals surface area contributed by atoms with Gasteiger partial charge in [-0.25, -0.2) is 15.0 Å². The summed E-state index contributed by atoms with van der Waals surface area (Å²) in [5.74, 6) is 2.77. The first-order valence-corrected chi connectivity index (χ1v) is 20.6. The first-order valence-electron chi connectivity index (χ1n) is 20.6. The van der Waals surface area contributed by atoms with E-state index >= 15 is 0 Å². The van der Waals surface area contributed by atoms with Gasteiger partial charge in [0.1, 0.15) is 12.3 Å². The van der Waals surface area contributed by atoms with E-state index in [9.17, 15) is 0 Å². The van der Waals surface area contributed by atoms with E-state index in [1.54, 1.807) is 0 Å². The number of hydrogen-bond donors (Lipinski definition) is 0. The average molecular weight is 752 g/mol. The van der Waals surface area contributed by atoms with E-state index in [1.165, 1.54) is 16.9 Å². The van der Waals surface area contributed by atoms with Gasteiger partial charge in [0, 0.05) is 39.5 Å². The zero-order chi connectivity index (χ0) is 39.5. The van der Waals surface area contributed by atoms with Gasteiger partial charge in [0.25, 0.3) is 0 Å². The molecule has 0 radical (unpaired) electrons. The molecular weight excluding hydrogens is 699 g/mol. The monoisotopic (exact) mass is 751 g/mol. The number of benzene rings is 4. The van der Waals surface area contributed by atoms with E-state index in [-0.39, 0.29) is 28.6 Å². The second kappa shape index (κ2) is 13.9. The minimum atomic E-state index is -0.245. The van der Waals surface area contributed by atoms with Gasteiger partial charge in [-0.1, -0.05) is 127 Å². The van der Waals surface area contributed by atoms with Crippen molar-refractivity contribution in [2.24, 2.45) is 5.41 Å². The van der Waals surface area contributed by atoms with E-state index in [1.807, 2.05) is 18.5 Å². The largest absolute Gasteiger partial charge is 0.316 e. The van der Waals surface area contributed by atoms with Crippen LogP contribution in [-0.2, 0) is 10.8 Å². The molecule has 3 aliphatic rings. The van der Waals surface area contributed by atoms with Crippen molar-refractivity contribution < 1.29 is 0 Å². The van der Waals surface area contributed by atoms with Crippen molar-refractivity contribution >= 4 is 52.0 Å². The molecular formula is C50H53N7. The van der Waals surface area contributed by atoms with Gasteiger partial charge in [0.15, 0.2) is 17.5 Å². The van der Waals surface area contributed by atoms with Crippen molar-refractivity contribution in [3.8, 4) is 0 Å². The molecule has 0 fully saturated rings. The number of pyridine rings is 1. The summed E-state index contributed by atoms with van der Waals surface area (Å²) in [7, 11) is 0. The SMILES string of the molecule is C=Cc1ccccc1N1c2ncc(C(C)(C)C)nc2N(c2ccccc2)C1CCC1(CC)C2N(c3ccccc3)c3cccnc3N2c2ccccc2C1(C)CC. The number of anilines is 8. The molecule has 0 amide bonds. The maximum Gasteiger partial charge on any atom is 0.178 e. The van der Waals surface area contributed by atoms with E-state index < -0.39 is 0 Å². The van der Waals surface area contributed by atoms with Crippen LogP contribution in [0.2, 0.25) is 0 Å². The van der Waals surface area contributed by atoms with Crippen LogP contribution in [0.4, 0.5) is 45.9 Å². The van der Waals surface area contributed by atoms with Gasteiger partial charge in [-0.05, 0) is 85.3 Å². The molecule has 7 nitrogen and oxygen atoms in total. The van der Waals surface area contributed by atoms with Gasteiger partial charge in [-0.3, -0.25) is 0 Å². The molecule has 9 rings (SSSR count). The Hall–Kier alpha value is -5.95. The minimum absolute atomic E-state index is 0.0266. The van der Waals surface area contributed by atoms with Crippen LogP contribution < -0.4 is 19.6 Å². The lowest BCUT2D eigenvalue weighted by molar-refractivity contribution is 0.0591. The second-order valence-corrected chi connectivity index (χ2v) is 17.0. The number of para-hydroxylation sites is 4. The smallest absolute Gasteiger partial charge is 0.178 e. The third-order valence-corrected chi connectivity index (χ3v) is 13.3. The Balaban J connectivity index is 1.27. The normalized spacial score (nSPS) is 22.2. The standard InChI is InChI=1S/C50H53N7/c1-8-35-22-17-19-28-39(35)56-43(55(37-25-15-12-16-26-37)46-45(56)52-34-42(53-46)48(4,5)6)31-32-50(10-3)47-54(36-23-13-11-14-24-36)41-30-21-33-51-44(41)57(47)40-29-20-18-27-38(40)49(50,7)9-2/h8,11-30,33-34,43,47H,1,9-10,31-32H2,2-7H3. The second-order valence-electron chi connectivity index (χ2n) is 17.0. The molecule has 0 spiro atoms. The van der Waals surface area contributed by atoms with E-state index in [0.717, 1.165) is 71.5 Å². The molecule has 0 aliphatic carbocycles. The molecule has 4 aromatic carbocycles. The quantitative estimate of drug-likeness (QED) is 0.146. The van der Waals surface area contributed by atoms with Crippen molar-refractivity contribution in [3.05, 3.63) is 157 Å². The molecule has 5 heterocycles. The molecule has 0 saturated heterocycles. The Labute approximate surface area is 338 Å². The lowest BCUT2D eigenvalue weighted by Crippen LogP contribution is -2.63. The van der Waals surface area contributed by atoms with Crippen molar-refractivity contribution in [1.82, 2.24) is 15.0 Å². The van der Waals surface area contributed by atoms with Crippen molar-refractivity contribution in [1.29, 1.82) is 0 Å². The van der Waals surface area contributed by atoms with Crippen LogP contribution in [0.15, 0.2) is 140 Å². The summed E-state index contributed by atoms with van der Waals surface area (Å²) in [6.45, 7) is 18.2. The third-order valence-electron chi connectivity index (χ3n) is 13.3. The summed E-state index contributed by atoms with van der Waals surface area (Å²) in [6, 6.07) is 43.7. The number of nitrogens with zero attached hydrogens (tertiary/aromatic N) is 7. The Morgan fingerprint density at radius 2 is 1.28 bits per heavy atom. The highest BCUT2D eigenvalue weighted by Gasteiger charge is 2.63. The maximum absolute atomic E-state index is 5.47. The first kappa shape index (κ1) is 36.7. The highest BCUT2D eigenvalue weighted by atomic mass is 15.5. The zero-order valence-electron chi connectivity index (χ0n) is 34.1. The molecule has 0 N–H and O–H groups in total. The zero-order valence-corrected chi connectivity index (χ0v) is 34.1. The molecule has 6 aromatic rings. The van der Waals surface area contributed by atoms with Gasteiger partial charge < -0.3 is 19.6 Å². The van der Waals surface area contributed by atoms with Crippen LogP contribution in [0.1, 0.15) is 84.0 Å². The Morgan fingerprint density at radius 3 is 1.95 bits per heavy atom. The fourth-order valence-corrected chi connectivity index (χ4v) is 10.3. The van der Waals surface area contributed by atoms with Crippen LogP contribution in [0, 0.1) is 5.41 Å². The summed E-state index contributed by atoms with van der Waals surface area (Å²) < 4.78 is 0. The van der Waals surface area contributed by atoms with Crippen LogP contribution in [-0.4, -0.2) is 27.3 Å². The van der Waals surface area contributed by atoms with Crippen LogP contribution in [0.5, 0.6) is 0 Å². The molecule has 57 heavy (non-hydrogen) atoms. The van der Waals surface area contributed by atoms with Gasteiger partial charge in [0.2, 0.25) is 0 Å². The number of fused-ring (bicyclic) bond motifs is 6. The summed E-state index contributed by atoms with van der Waals surface area (Å²) in [6.07, 6.45) is 9.45. The van der Waals surface area contributed by atoms with E-state index in [2.05, 4.69) is 189 Å². The number of rotatable bonds is 9. The summed E-state index contributed by atoms with van der Waals surface area (Å²) in [5.41, 5.74) is 8.58. The number of aromatic nitrogens is 3. The first-order chi connectivity index (χ1) is 27.7. The highest BCUT2D eigenvalue weighted by molar-refractivity contribution is 5.89. The lowest BCUT2D eigenvalue weighted by atomic mass is 9.52. The number of hydrogen-bond acceptors (Lipinski definition) is 7. The summed E-state index contributed by atoms with van der Waals surface area (Å²) >= 11 is 0. The molecule has 7 heteroatoms. The fraction of sp³-hybridized carbons (Fsp3) is 0.300. The van der Waals surface area contributed by atoms with Gasteiger partial charge >= 0.3 is 0 Å². The van der Waals surface area contributed by atoms with E-state index in [0.29, 0.717) is 0 Å². The van der Waals surface area contributed by atoms with Crippen molar-refractivity contribution in [2.75, 3.05) is 19.6 Å². The molecule has 2 aromatic heterocycles. The third kappa shape index (κ3) is 5.49. The summed E-state index contributed by atoms with van der Waals surface area (Å²) in [4.78, 5) is 26.0. The molecule has 0 bridgehead atoms. The predicted molar refractivity (Wildman–Crippen MR) is 237 cm³/mol. The maximum atomic E-state index is 5.47. The van der Waals surface area contributed by atoms with Gasteiger partial charge in [-0.15, -0.1) is 0 Å². The van der Waals surface area contributed by atoms with Crippen molar-refractivity contribution in [3.63, 3.8) is 0 Å². The van der Waals surface area contributed by atoms with Crippen LogP contribution >= 0.6 is 0 Å². The topological polar surface area (TPSA) is 51.6 Å². The molecule has 288 valence electrons. The molecule has 4 unspecified atom stereocenters. The van der Waals surface area contributed by atoms with Crippen LogP contribution in [0.3, 0.4) is 0 Å². The van der Waals surface area contributed by atoms with Crippen LogP contribution in [0.25, 0.3) is 6.08 Å². The summed E-state index contributed by atoms with van der Waals surface area (Å²) in [5, 5.41) is 0. The average Bonchev–Trinajstić information content (AvgIpc) is 3.77. The minimum Gasteiger partial charge on any atom is -0.316 e. The lowest BCUT2D eigenvalue weighted by Gasteiger charge is -2.60. The van der Waals surface area contributed by atoms with Crippen molar-refractivity contribution in [2.45, 2.75) is 90.4 Å². The molecule has 0 saturated carbocycles.